The van der Waals surface area contributed by atoms with E-state index in [0.29, 0.717) is 22.6 Å². The number of halogens is 1. The number of aromatic nitrogens is 1. The molecule has 6 nitrogen and oxygen atoms in total. The van der Waals surface area contributed by atoms with Gasteiger partial charge in [0, 0.05) is 16.3 Å². The van der Waals surface area contributed by atoms with Crippen molar-refractivity contribution in [1.29, 1.82) is 0 Å². The number of thiocarbonyl (C=S) groups is 1. The Bertz CT molecular complexity index is 1390. The summed E-state index contributed by atoms with van der Waals surface area (Å²) < 4.78 is 11.5. The van der Waals surface area contributed by atoms with Gasteiger partial charge in [-0.2, -0.15) is 0 Å². The smallest absolute Gasteiger partial charge is 0.264 e. The van der Waals surface area contributed by atoms with Gasteiger partial charge in [0.25, 0.3) is 5.91 Å². The lowest BCUT2D eigenvalue weighted by molar-refractivity contribution is -0.121. The Labute approximate surface area is 221 Å². The van der Waals surface area contributed by atoms with E-state index in [2.05, 4.69) is 41.6 Å². The number of ether oxygens (including phenoxy) is 1. The van der Waals surface area contributed by atoms with E-state index in [9.17, 15) is 4.79 Å². The summed E-state index contributed by atoms with van der Waals surface area (Å²) in [6.07, 6.45) is 1.07. The zero-order chi connectivity index (χ0) is 25.8. The normalized spacial score (nSPS) is 11.8. The van der Waals surface area contributed by atoms with Crippen LogP contribution in [0.1, 0.15) is 42.9 Å². The van der Waals surface area contributed by atoms with E-state index < -0.39 is 0 Å². The number of carbonyl (C=O) groups excluding carboxylic acids is 1. The molecule has 0 unspecified atom stereocenters. The minimum absolute atomic E-state index is 0.169. The fourth-order valence-electron chi connectivity index (χ4n) is 3.77. The lowest BCUT2D eigenvalue weighted by atomic mass is 9.98. The van der Waals surface area contributed by atoms with Crippen molar-refractivity contribution < 1.29 is 13.9 Å². The largest absolute Gasteiger partial charge is 0.484 e. The highest BCUT2D eigenvalue weighted by atomic mass is 35.5. The van der Waals surface area contributed by atoms with Gasteiger partial charge in [0.1, 0.15) is 11.3 Å². The first-order valence-corrected chi connectivity index (χ1v) is 12.5. The van der Waals surface area contributed by atoms with Crippen molar-refractivity contribution in [2.24, 2.45) is 0 Å². The summed E-state index contributed by atoms with van der Waals surface area (Å²) in [5, 5.41) is 6.50. The molecule has 4 aromatic rings. The molecule has 3 aromatic carbocycles. The van der Waals surface area contributed by atoms with Crippen molar-refractivity contribution in [2.45, 2.75) is 40.0 Å². The molecule has 4 rings (SSSR count). The molecule has 1 atom stereocenters. The molecule has 1 heterocycles. The van der Waals surface area contributed by atoms with E-state index in [4.69, 9.17) is 33.0 Å². The average molecular weight is 522 g/mol. The van der Waals surface area contributed by atoms with Gasteiger partial charge in [-0.3, -0.25) is 10.1 Å². The van der Waals surface area contributed by atoms with E-state index in [-0.39, 0.29) is 17.6 Å². The average Bonchev–Trinajstić information content (AvgIpc) is 3.29. The second-order valence-corrected chi connectivity index (χ2v) is 9.58. The number of amides is 1. The van der Waals surface area contributed by atoms with Crippen molar-refractivity contribution >= 4 is 51.6 Å². The maximum absolute atomic E-state index is 12.3. The molecule has 0 aliphatic heterocycles. The predicted octanol–water partition coefficient (Wildman–Crippen LogP) is 7.17. The van der Waals surface area contributed by atoms with Crippen LogP contribution in [0, 0.1) is 13.8 Å². The van der Waals surface area contributed by atoms with Crippen LogP contribution in [0.15, 0.2) is 59.0 Å². The van der Waals surface area contributed by atoms with Crippen LogP contribution >= 0.6 is 23.8 Å². The molecule has 36 heavy (non-hydrogen) atoms. The number of aryl methyl sites for hydroxylation is 2. The van der Waals surface area contributed by atoms with Gasteiger partial charge in [0.05, 0.1) is 0 Å². The summed E-state index contributed by atoms with van der Waals surface area (Å²) in [5.74, 6) is 1.24. The molecular weight excluding hydrogens is 494 g/mol. The van der Waals surface area contributed by atoms with E-state index in [1.165, 1.54) is 5.56 Å². The Kier molecular flexibility index (Phi) is 7.91. The van der Waals surface area contributed by atoms with Crippen LogP contribution in [0.2, 0.25) is 5.02 Å². The molecule has 0 fully saturated rings. The molecular formula is C28H28ClN3O3S. The third-order valence-corrected chi connectivity index (χ3v) is 6.82. The first kappa shape index (κ1) is 25.7. The summed E-state index contributed by atoms with van der Waals surface area (Å²) in [4.78, 5) is 16.9. The van der Waals surface area contributed by atoms with Gasteiger partial charge in [-0.1, -0.05) is 31.5 Å². The summed E-state index contributed by atoms with van der Waals surface area (Å²) >= 11 is 11.4. The number of hydrogen-bond donors (Lipinski definition) is 2. The van der Waals surface area contributed by atoms with E-state index in [1.807, 2.05) is 44.2 Å². The van der Waals surface area contributed by atoms with Crippen molar-refractivity contribution in [3.05, 3.63) is 76.3 Å². The van der Waals surface area contributed by atoms with Gasteiger partial charge in [-0.25, -0.2) is 4.98 Å². The summed E-state index contributed by atoms with van der Waals surface area (Å²) in [6.45, 7) is 7.99. The molecule has 0 saturated heterocycles. The highest BCUT2D eigenvalue weighted by Crippen LogP contribution is 2.29. The summed E-state index contributed by atoms with van der Waals surface area (Å²) in [7, 11) is 0. The van der Waals surface area contributed by atoms with Crippen LogP contribution in [0.25, 0.3) is 22.6 Å². The van der Waals surface area contributed by atoms with Gasteiger partial charge in [0.2, 0.25) is 5.89 Å². The molecule has 0 aliphatic rings. The lowest BCUT2D eigenvalue weighted by Crippen LogP contribution is -2.37. The summed E-state index contributed by atoms with van der Waals surface area (Å²) in [6, 6.07) is 17.2. The Hall–Kier alpha value is -3.42. The van der Waals surface area contributed by atoms with Gasteiger partial charge in [0.15, 0.2) is 17.3 Å². The standard InChI is InChI=1S/C28H28ClN3O3S/c1-5-16(2)20-8-11-24-23(14-20)31-27(35-24)19-6-9-21(10-7-19)30-28(36)32-25(33)15-34-22-12-17(3)26(29)18(4)13-22/h6-14,16H,5,15H2,1-4H3,(H2,30,32,33,36)/t16-/m1/s1. The van der Waals surface area contributed by atoms with Gasteiger partial charge < -0.3 is 14.5 Å². The number of nitrogens with zero attached hydrogens (tertiary/aromatic N) is 1. The number of fused-ring (bicyclic) bond motifs is 1. The third kappa shape index (κ3) is 6.04. The number of carbonyl (C=O) groups is 1. The van der Waals surface area contributed by atoms with Crippen molar-refractivity contribution in [2.75, 3.05) is 11.9 Å². The fraction of sp³-hybridized carbons (Fsp3) is 0.250. The van der Waals surface area contributed by atoms with E-state index in [0.717, 1.165) is 39.9 Å². The minimum Gasteiger partial charge on any atom is -0.484 e. The SMILES string of the molecule is CC[C@@H](C)c1ccc2oc(-c3ccc(NC(=S)NC(=O)COc4cc(C)c(Cl)c(C)c4)cc3)nc2c1. The number of hydrogen-bond acceptors (Lipinski definition) is 5. The zero-order valence-electron chi connectivity index (χ0n) is 20.6. The predicted molar refractivity (Wildman–Crippen MR) is 149 cm³/mol. The zero-order valence-corrected chi connectivity index (χ0v) is 22.2. The van der Waals surface area contributed by atoms with Crippen LogP contribution in [0.5, 0.6) is 5.75 Å². The second-order valence-electron chi connectivity index (χ2n) is 8.79. The Morgan fingerprint density at radius 1 is 1.11 bits per heavy atom. The molecule has 1 aromatic heterocycles. The Balaban J connectivity index is 1.33. The first-order valence-electron chi connectivity index (χ1n) is 11.7. The van der Waals surface area contributed by atoms with Crippen molar-refractivity contribution in [3.8, 4) is 17.2 Å². The number of anilines is 1. The first-order chi connectivity index (χ1) is 17.2. The molecule has 0 aliphatic carbocycles. The molecule has 2 N–H and O–H groups in total. The van der Waals surface area contributed by atoms with Gasteiger partial charge >= 0.3 is 0 Å². The molecule has 0 saturated carbocycles. The topological polar surface area (TPSA) is 76.4 Å². The van der Waals surface area contributed by atoms with E-state index in [1.54, 1.807) is 12.1 Å². The van der Waals surface area contributed by atoms with Gasteiger partial charge in [-0.05, 0) is 104 Å². The van der Waals surface area contributed by atoms with Crippen LogP contribution in [-0.4, -0.2) is 22.6 Å². The van der Waals surface area contributed by atoms with E-state index >= 15 is 0 Å². The molecule has 1 amide bonds. The molecule has 186 valence electrons. The second kappa shape index (κ2) is 11.1. The quantitative estimate of drug-likeness (QED) is 0.251. The Morgan fingerprint density at radius 2 is 1.81 bits per heavy atom. The van der Waals surface area contributed by atoms with Crippen LogP contribution in [-0.2, 0) is 4.79 Å². The molecule has 0 bridgehead atoms. The highest BCUT2D eigenvalue weighted by molar-refractivity contribution is 7.80. The van der Waals surface area contributed by atoms with Crippen molar-refractivity contribution in [3.63, 3.8) is 0 Å². The van der Waals surface area contributed by atoms with Crippen molar-refractivity contribution in [1.82, 2.24) is 10.3 Å². The van der Waals surface area contributed by atoms with Crippen LogP contribution in [0.3, 0.4) is 0 Å². The molecule has 0 spiro atoms. The number of nitrogens with one attached hydrogen (secondary N) is 2. The minimum atomic E-state index is -0.363. The van der Waals surface area contributed by atoms with Crippen LogP contribution in [0.4, 0.5) is 5.69 Å². The molecule has 0 radical (unpaired) electrons. The number of benzene rings is 3. The maximum Gasteiger partial charge on any atom is 0.264 e. The van der Waals surface area contributed by atoms with Gasteiger partial charge in [-0.15, -0.1) is 0 Å². The Morgan fingerprint density at radius 3 is 2.47 bits per heavy atom. The fourth-order valence-corrected chi connectivity index (χ4v) is 4.11. The lowest BCUT2D eigenvalue weighted by Gasteiger charge is -2.12. The van der Waals surface area contributed by atoms with Crippen LogP contribution < -0.4 is 15.4 Å². The highest BCUT2D eigenvalue weighted by Gasteiger charge is 2.12. The third-order valence-electron chi connectivity index (χ3n) is 6.02. The molecule has 8 heteroatoms. The summed E-state index contributed by atoms with van der Waals surface area (Å²) in [5.41, 5.74) is 6.21. The number of oxazole rings is 1. The monoisotopic (exact) mass is 521 g/mol. The number of rotatable bonds is 7. The maximum atomic E-state index is 12.3.